The predicted octanol–water partition coefficient (Wildman–Crippen LogP) is 11.1. The number of aliphatic hydroxyl groups excluding tert-OH is 1. The van der Waals surface area contributed by atoms with Crippen molar-refractivity contribution >= 4 is 18.0 Å². The van der Waals surface area contributed by atoms with Crippen molar-refractivity contribution in [1.82, 2.24) is 4.90 Å². The van der Waals surface area contributed by atoms with Crippen LogP contribution in [0.3, 0.4) is 0 Å². The number of amides is 1. The number of ether oxygens (including phenoxy) is 2. The Balaban J connectivity index is 1.27. The van der Waals surface area contributed by atoms with Crippen molar-refractivity contribution in [2.45, 2.75) is 165 Å². The van der Waals surface area contributed by atoms with Crippen molar-refractivity contribution in [1.29, 1.82) is 0 Å². The Morgan fingerprint density at radius 3 is 2.16 bits per heavy atom. The molecule has 0 saturated heterocycles. The Morgan fingerprint density at radius 1 is 0.860 bits per heavy atom. The van der Waals surface area contributed by atoms with Gasteiger partial charge in [0.15, 0.2) is 0 Å². The third-order valence-electron chi connectivity index (χ3n) is 17.3. The lowest BCUT2D eigenvalue weighted by atomic mass is 9.32. The minimum absolute atomic E-state index is 0.0306. The topological polar surface area (TPSA) is 113 Å². The summed E-state index contributed by atoms with van der Waals surface area (Å²) in [7, 11) is 0. The summed E-state index contributed by atoms with van der Waals surface area (Å²) in [6.07, 6.45) is 10.6. The zero-order valence-corrected chi connectivity index (χ0v) is 37.2. The standard InChI is InChI=1S/C49H73NO7/c1-30(2)33-17-24-49(23-16-32-20-27-50(29-34(32)31(3)51)42(55)57-43(4,5)6)26-25-47(12)35(40(33)49)14-15-37-46(11)21-19-38(56-39(52)28-44(7,8)41(53)54)45(9,10)36(46)18-22-48(37,47)13/h33,35-38,40,51H,1,3,14-15,17-22,24-29H2,2,4-13H3,(H,53,54)/t33-,35?,36?,37?,38-,40?,46-,47+,48+,49+/m0/s1. The van der Waals surface area contributed by atoms with E-state index in [9.17, 15) is 24.6 Å². The molecule has 0 aromatic heterocycles. The number of carboxylic acid groups (broad SMARTS) is 1. The molecule has 4 unspecified atom stereocenters. The molecular weight excluding hydrogens is 715 g/mol. The summed E-state index contributed by atoms with van der Waals surface area (Å²) in [5, 5.41) is 20.4. The number of aliphatic carboxylic acids is 1. The molecule has 8 nitrogen and oxygen atoms in total. The molecule has 5 fully saturated rings. The van der Waals surface area contributed by atoms with E-state index in [1.165, 1.54) is 18.4 Å². The van der Waals surface area contributed by atoms with Crippen molar-refractivity contribution in [2.75, 3.05) is 13.1 Å². The van der Waals surface area contributed by atoms with Crippen LogP contribution in [-0.2, 0) is 19.1 Å². The van der Waals surface area contributed by atoms with Gasteiger partial charge in [-0.2, -0.15) is 0 Å². The smallest absolute Gasteiger partial charge is 0.410 e. The van der Waals surface area contributed by atoms with Gasteiger partial charge in [0.05, 0.1) is 18.4 Å². The molecule has 6 aliphatic rings. The fraction of sp³-hybridized carbons (Fsp3) is 0.776. The van der Waals surface area contributed by atoms with Crippen LogP contribution in [0.25, 0.3) is 0 Å². The second kappa shape index (κ2) is 14.5. The van der Waals surface area contributed by atoms with Crippen molar-refractivity contribution < 1.29 is 34.1 Å². The molecule has 5 aliphatic carbocycles. The number of nitrogens with zero attached hydrogens (tertiary/aromatic N) is 1. The van der Waals surface area contributed by atoms with E-state index in [0.717, 1.165) is 56.9 Å². The van der Waals surface area contributed by atoms with Gasteiger partial charge in [-0.15, -0.1) is 0 Å². The first kappa shape index (κ1) is 43.4. The molecule has 57 heavy (non-hydrogen) atoms. The Bertz CT molecular complexity index is 1790. The molecule has 1 aliphatic heterocycles. The zero-order chi connectivity index (χ0) is 42.3. The fourth-order valence-electron chi connectivity index (χ4n) is 14.0. The lowest BCUT2D eigenvalue weighted by Gasteiger charge is -2.72. The van der Waals surface area contributed by atoms with Crippen LogP contribution in [0.5, 0.6) is 0 Å². The molecule has 0 radical (unpaired) electrons. The van der Waals surface area contributed by atoms with Gasteiger partial charge in [0.1, 0.15) is 17.5 Å². The number of rotatable bonds is 6. The van der Waals surface area contributed by atoms with Crippen molar-refractivity contribution in [3.8, 4) is 11.8 Å². The minimum atomic E-state index is -1.16. The quantitative estimate of drug-likeness (QED) is 0.119. The van der Waals surface area contributed by atoms with Crippen LogP contribution in [0.2, 0.25) is 0 Å². The number of fused-ring (bicyclic) bond motifs is 7. The molecule has 0 aromatic rings. The molecule has 0 bridgehead atoms. The first-order chi connectivity index (χ1) is 26.2. The Hall–Kier alpha value is -3.21. The van der Waals surface area contributed by atoms with Crippen molar-refractivity contribution in [3.63, 3.8) is 0 Å². The third kappa shape index (κ3) is 7.28. The molecule has 1 amide bonds. The predicted molar refractivity (Wildman–Crippen MR) is 224 cm³/mol. The highest BCUT2D eigenvalue weighted by atomic mass is 16.6. The van der Waals surface area contributed by atoms with Crippen LogP contribution in [0, 0.1) is 73.9 Å². The average molecular weight is 788 g/mol. The molecular formula is C49H73NO7. The highest BCUT2D eigenvalue weighted by Crippen LogP contribution is 2.77. The Kier molecular flexibility index (Phi) is 11.0. The van der Waals surface area contributed by atoms with Gasteiger partial charge in [-0.05, 0) is 158 Å². The van der Waals surface area contributed by atoms with Gasteiger partial charge >= 0.3 is 18.0 Å². The Labute approximate surface area is 343 Å². The summed E-state index contributed by atoms with van der Waals surface area (Å²) < 4.78 is 11.8. The van der Waals surface area contributed by atoms with Crippen LogP contribution in [0.4, 0.5) is 4.79 Å². The van der Waals surface area contributed by atoms with E-state index in [4.69, 9.17) is 9.47 Å². The van der Waals surface area contributed by atoms with E-state index >= 15 is 0 Å². The molecule has 2 N–H and O–H groups in total. The summed E-state index contributed by atoms with van der Waals surface area (Å²) in [5.41, 5.74) is 1.06. The summed E-state index contributed by atoms with van der Waals surface area (Å²) >= 11 is 0. The van der Waals surface area contributed by atoms with E-state index in [1.807, 2.05) is 20.8 Å². The van der Waals surface area contributed by atoms with Crippen molar-refractivity contribution in [2.24, 2.45) is 62.1 Å². The molecule has 316 valence electrons. The van der Waals surface area contributed by atoms with Gasteiger partial charge in [0, 0.05) is 28.5 Å². The first-order valence-corrected chi connectivity index (χ1v) is 21.9. The minimum Gasteiger partial charge on any atom is -0.508 e. The average Bonchev–Trinajstić information content (AvgIpc) is 3.48. The van der Waals surface area contributed by atoms with Crippen LogP contribution in [0.1, 0.15) is 153 Å². The number of carbonyl (C=O) groups is 3. The highest BCUT2D eigenvalue weighted by Gasteiger charge is 2.71. The number of hydrogen-bond donors (Lipinski definition) is 2. The zero-order valence-electron chi connectivity index (χ0n) is 37.2. The maximum absolute atomic E-state index is 13.2. The third-order valence-corrected chi connectivity index (χ3v) is 17.3. The van der Waals surface area contributed by atoms with Gasteiger partial charge in [-0.1, -0.05) is 65.2 Å². The normalized spacial score (nSPS) is 38.6. The Morgan fingerprint density at radius 2 is 1.54 bits per heavy atom. The molecule has 6 rings (SSSR count). The second-order valence-corrected chi connectivity index (χ2v) is 22.4. The summed E-state index contributed by atoms with van der Waals surface area (Å²) in [6, 6.07) is 0. The summed E-state index contributed by atoms with van der Waals surface area (Å²) in [4.78, 5) is 39.5. The SMILES string of the molecule is C=C(O)C1=C(C#C[C@]23CC[C@@H](C(=C)C)C2C2CCC4[C@@]5(C)CC[C@H](OC(=O)CC(C)(C)C(=O)O)C(C)(C)C5CC[C@@]4(C)[C@]2(C)CC3)CCN(C(=O)OC(C)(C)C)C1. The second-order valence-electron chi connectivity index (χ2n) is 22.4. The van der Waals surface area contributed by atoms with Crippen LogP contribution >= 0.6 is 0 Å². The van der Waals surface area contributed by atoms with Crippen LogP contribution < -0.4 is 0 Å². The van der Waals surface area contributed by atoms with E-state index in [0.29, 0.717) is 48.1 Å². The number of aliphatic hydroxyl groups is 1. The van der Waals surface area contributed by atoms with Gasteiger partial charge in [0.2, 0.25) is 0 Å². The number of esters is 1. The molecule has 5 saturated carbocycles. The van der Waals surface area contributed by atoms with E-state index in [-0.39, 0.29) is 58.0 Å². The fourth-order valence-corrected chi connectivity index (χ4v) is 14.0. The van der Waals surface area contributed by atoms with Gasteiger partial charge < -0.3 is 24.6 Å². The molecule has 1 heterocycles. The van der Waals surface area contributed by atoms with Gasteiger partial charge in [-0.3, -0.25) is 9.59 Å². The number of hydrogen-bond acceptors (Lipinski definition) is 6. The lowest BCUT2D eigenvalue weighted by Crippen LogP contribution is -2.66. The van der Waals surface area contributed by atoms with E-state index < -0.39 is 23.0 Å². The van der Waals surface area contributed by atoms with Crippen molar-refractivity contribution in [3.05, 3.63) is 35.6 Å². The van der Waals surface area contributed by atoms with Crippen LogP contribution in [-0.4, -0.2) is 57.9 Å². The number of carboxylic acids is 1. The molecule has 0 aromatic carbocycles. The maximum Gasteiger partial charge on any atom is 0.410 e. The molecule has 0 spiro atoms. The van der Waals surface area contributed by atoms with Gasteiger partial charge in [0.25, 0.3) is 0 Å². The summed E-state index contributed by atoms with van der Waals surface area (Å²) in [6.45, 7) is 32.6. The summed E-state index contributed by atoms with van der Waals surface area (Å²) in [5.74, 6) is 8.47. The van der Waals surface area contributed by atoms with Gasteiger partial charge in [-0.25, -0.2) is 4.79 Å². The monoisotopic (exact) mass is 788 g/mol. The maximum atomic E-state index is 13.2. The number of allylic oxidation sites excluding steroid dienone is 1. The molecule has 8 heteroatoms. The highest BCUT2D eigenvalue weighted by molar-refractivity contribution is 5.81. The van der Waals surface area contributed by atoms with Crippen LogP contribution in [0.15, 0.2) is 35.6 Å². The first-order valence-electron chi connectivity index (χ1n) is 21.9. The van der Waals surface area contributed by atoms with E-state index in [2.05, 4.69) is 66.5 Å². The lowest BCUT2D eigenvalue weighted by molar-refractivity contribution is -0.247. The van der Waals surface area contributed by atoms with E-state index in [1.54, 1.807) is 18.7 Å². The number of carbonyl (C=O) groups excluding carboxylic acids is 2. The molecule has 10 atom stereocenters. The largest absolute Gasteiger partial charge is 0.508 e.